The van der Waals surface area contributed by atoms with Crippen molar-refractivity contribution < 1.29 is 14.6 Å². The zero-order valence-corrected chi connectivity index (χ0v) is 12.1. The van der Waals surface area contributed by atoms with Crippen molar-refractivity contribution >= 4 is 17.4 Å². The van der Waals surface area contributed by atoms with E-state index in [1.807, 2.05) is 0 Å². The highest BCUT2D eigenvalue weighted by molar-refractivity contribution is 6.00. The van der Waals surface area contributed by atoms with Gasteiger partial charge in [-0.15, -0.1) is 0 Å². The lowest BCUT2D eigenvalue weighted by atomic mass is 10.1. The molecule has 1 heterocycles. The fourth-order valence-electron chi connectivity index (χ4n) is 2.90. The van der Waals surface area contributed by atoms with E-state index in [0.717, 1.165) is 25.7 Å². The molecule has 0 saturated heterocycles. The number of nitrogens with one attached hydrogen (secondary N) is 1. The van der Waals surface area contributed by atoms with Gasteiger partial charge in [-0.25, -0.2) is 5.01 Å². The van der Waals surface area contributed by atoms with Crippen molar-refractivity contribution in [3.8, 4) is 0 Å². The first kappa shape index (κ1) is 14.3. The number of carbonyl (C=O) groups excluding carboxylic acids is 1. The molecule has 0 atom stereocenters. The Balaban J connectivity index is 1.96. The molecule has 2 aliphatic rings. The van der Waals surface area contributed by atoms with E-state index in [1.54, 1.807) is 17.1 Å². The van der Waals surface area contributed by atoms with Gasteiger partial charge in [-0.2, -0.15) is 0 Å². The Kier molecular flexibility index (Phi) is 3.44. The zero-order chi connectivity index (χ0) is 15.7. The van der Waals surface area contributed by atoms with Gasteiger partial charge in [0.05, 0.1) is 4.92 Å². The van der Waals surface area contributed by atoms with Crippen LogP contribution in [0.4, 0.5) is 5.69 Å². The second-order valence-corrected chi connectivity index (χ2v) is 5.47. The number of hydrogen-bond acceptors (Lipinski definition) is 6. The summed E-state index contributed by atoms with van der Waals surface area (Å²) in [6, 6.07) is 6.12. The highest BCUT2D eigenvalue weighted by Gasteiger charge is 2.49. The van der Waals surface area contributed by atoms with Gasteiger partial charge in [0, 0.05) is 37.5 Å². The maximum atomic E-state index is 11.5. The lowest BCUT2D eigenvalue weighted by Gasteiger charge is -2.33. The van der Waals surface area contributed by atoms with Crippen molar-refractivity contribution in [1.29, 1.82) is 0 Å². The number of hydrogen-bond donors (Lipinski definition) is 1. The molecule has 1 aromatic carbocycles. The van der Waals surface area contributed by atoms with Crippen molar-refractivity contribution in [3.05, 3.63) is 39.9 Å². The van der Waals surface area contributed by atoms with Crippen LogP contribution in [0.2, 0.25) is 0 Å². The molecule has 1 fully saturated rings. The van der Waals surface area contributed by atoms with Gasteiger partial charge in [-0.05, 0) is 12.8 Å². The molecule has 8 heteroatoms. The zero-order valence-electron chi connectivity index (χ0n) is 12.1. The Morgan fingerprint density at radius 3 is 2.82 bits per heavy atom. The van der Waals surface area contributed by atoms with E-state index in [9.17, 15) is 14.9 Å². The molecule has 0 bridgehead atoms. The van der Waals surface area contributed by atoms with Crippen LogP contribution in [-0.4, -0.2) is 27.4 Å². The van der Waals surface area contributed by atoms with E-state index in [1.165, 1.54) is 19.1 Å². The normalized spacial score (nSPS) is 19.0. The molecule has 1 aliphatic heterocycles. The van der Waals surface area contributed by atoms with Crippen LogP contribution < -0.4 is 5.43 Å². The molecule has 1 spiro atoms. The Hall–Kier alpha value is -2.64. The number of carbonyl (C=O) groups is 1. The lowest BCUT2D eigenvalue weighted by molar-refractivity contribution is -0.384. The van der Waals surface area contributed by atoms with Gasteiger partial charge >= 0.3 is 0 Å². The summed E-state index contributed by atoms with van der Waals surface area (Å²) in [4.78, 5) is 27.6. The topological polar surface area (TPSA) is 97.1 Å². The summed E-state index contributed by atoms with van der Waals surface area (Å²) in [6.45, 7) is 1.41. The molecule has 0 aromatic heterocycles. The smallest absolute Gasteiger partial charge is 0.270 e. The minimum atomic E-state index is -0.675. The van der Waals surface area contributed by atoms with Crippen molar-refractivity contribution in [3.63, 3.8) is 0 Å². The Morgan fingerprint density at radius 1 is 1.45 bits per heavy atom. The van der Waals surface area contributed by atoms with Crippen LogP contribution in [0, 0.1) is 10.1 Å². The highest BCUT2D eigenvalue weighted by atomic mass is 16.7. The molecular weight excluding hydrogens is 288 g/mol. The molecule has 1 aromatic rings. The molecular formula is C14H16N4O4. The Labute approximate surface area is 126 Å². The number of amides is 1. The van der Waals surface area contributed by atoms with Crippen LogP contribution in [-0.2, 0) is 9.63 Å². The number of amidine groups is 1. The molecule has 0 radical (unpaired) electrons. The summed E-state index contributed by atoms with van der Waals surface area (Å²) < 4.78 is 0. The van der Waals surface area contributed by atoms with Gasteiger partial charge in [0.2, 0.25) is 11.6 Å². The fraction of sp³-hybridized carbons (Fsp3) is 0.429. The fourth-order valence-corrected chi connectivity index (χ4v) is 2.90. The van der Waals surface area contributed by atoms with E-state index in [2.05, 4.69) is 10.6 Å². The van der Waals surface area contributed by atoms with Crippen LogP contribution in [0.25, 0.3) is 0 Å². The third kappa shape index (κ3) is 2.36. The number of nitrogens with zero attached hydrogens (tertiary/aromatic N) is 3. The SMILES string of the molecule is CC(=O)NN1C(c2cccc([N+](=O)[O-])c2)=NOC12CCCC2. The number of non-ortho nitro benzene ring substituents is 1. The predicted octanol–water partition coefficient (Wildman–Crippen LogP) is 1.91. The molecule has 1 N–H and O–H groups in total. The second-order valence-electron chi connectivity index (χ2n) is 5.47. The number of nitro groups is 1. The van der Waals surface area contributed by atoms with E-state index in [4.69, 9.17) is 4.84 Å². The molecule has 116 valence electrons. The summed E-state index contributed by atoms with van der Waals surface area (Å²) in [7, 11) is 0. The Morgan fingerprint density at radius 2 is 2.18 bits per heavy atom. The quantitative estimate of drug-likeness (QED) is 0.679. The van der Waals surface area contributed by atoms with Crippen molar-refractivity contribution in [2.24, 2.45) is 5.16 Å². The monoisotopic (exact) mass is 304 g/mol. The predicted molar refractivity (Wildman–Crippen MR) is 77.6 cm³/mol. The van der Waals surface area contributed by atoms with Crippen LogP contribution >= 0.6 is 0 Å². The van der Waals surface area contributed by atoms with Crippen LogP contribution in [0.3, 0.4) is 0 Å². The summed E-state index contributed by atoms with van der Waals surface area (Å²) in [5.74, 6) is 0.149. The van der Waals surface area contributed by atoms with E-state index in [0.29, 0.717) is 11.4 Å². The Bertz CT molecular complexity index is 652. The number of benzene rings is 1. The second kappa shape index (κ2) is 5.28. The van der Waals surface area contributed by atoms with Gasteiger partial charge in [0.25, 0.3) is 5.69 Å². The average molecular weight is 304 g/mol. The third-order valence-electron chi connectivity index (χ3n) is 3.89. The molecule has 0 unspecified atom stereocenters. The minimum absolute atomic E-state index is 0.0321. The van der Waals surface area contributed by atoms with E-state index >= 15 is 0 Å². The van der Waals surface area contributed by atoms with Gasteiger partial charge in [-0.3, -0.25) is 20.3 Å². The average Bonchev–Trinajstić information content (AvgIpc) is 3.08. The van der Waals surface area contributed by atoms with Gasteiger partial charge in [0.15, 0.2) is 5.84 Å². The van der Waals surface area contributed by atoms with Crippen molar-refractivity contribution in [2.45, 2.75) is 38.3 Å². The standard InChI is InChI=1S/C14H16N4O4/c1-10(19)15-17-13(16-22-14(17)7-2-3-8-14)11-5-4-6-12(9-11)18(20)21/h4-6,9H,2-3,7-8H2,1H3,(H,15,19). The molecule has 1 amide bonds. The molecule has 1 saturated carbocycles. The highest BCUT2D eigenvalue weighted by Crippen LogP contribution is 2.40. The van der Waals surface area contributed by atoms with Gasteiger partial charge < -0.3 is 4.84 Å². The first-order valence-corrected chi connectivity index (χ1v) is 7.10. The lowest BCUT2D eigenvalue weighted by Crippen LogP contribution is -2.55. The third-order valence-corrected chi connectivity index (χ3v) is 3.89. The van der Waals surface area contributed by atoms with Gasteiger partial charge in [-0.1, -0.05) is 17.3 Å². The molecule has 22 heavy (non-hydrogen) atoms. The molecule has 1 aliphatic carbocycles. The van der Waals surface area contributed by atoms with Crippen LogP contribution in [0.1, 0.15) is 38.2 Å². The van der Waals surface area contributed by atoms with Crippen LogP contribution in [0.5, 0.6) is 0 Å². The number of rotatable bonds is 3. The number of oxime groups is 1. The number of hydrazine groups is 1. The van der Waals surface area contributed by atoms with E-state index in [-0.39, 0.29) is 11.6 Å². The summed E-state index contributed by atoms with van der Waals surface area (Å²) >= 11 is 0. The summed E-state index contributed by atoms with van der Waals surface area (Å²) in [5.41, 5.74) is 2.57. The summed E-state index contributed by atoms with van der Waals surface area (Å²) in [5, 5.41) is 16.6. The van der Waals surface area contributed by atoms with Gasteiger partial charge in [0.1, 0.15) is 0 Å². The first-order chi connectivity index (χ1) is 10.5. The van der Waals surface area contributed by atoms with Crippen LogP contribution in [0.15, 0.2) is 29.4 Å². The first-order valence-electron chi connectivity index (χ1n) is 7.10. The molecule has 3 rings (SSSR count). The maximum Gasteiger partial charge on any atom is 0.270 e. The van der Waals surface area contributed by atoms with Crippen molar-refractivity contribution in [2.75, 3.05) is 0 Å². The maximum absolute atomic E-state index is 11.5. The summed E-state index contributed by atoms with van der Waals surface area (Å²) in [6.07, 6.45) is 3.45. The minimum Gasteiger partial charge on any atom is -0.363 e. The van der Waals surface area contributed by atoms with Crippen molar-refractivity contribution in [1.82, 2.24) is 10.4 Å². The van der Waals surface area contributed by atoms with E-state index < -0.39 is 10.6 Å². The largest absolute Gasteiger partial charge is 0.363 e. The molecule has 8 nitrogen and oxygen atoms in total. The number of nitro benzene ring substituents is 1.